The van der Waals surface area contributed by atoms with Crippen molar-refractivity contribution in [1.29, 1.82) is 0 Å². The van der Waals surface area contributed by atoms with Crippen LogP contribution in [0, 0.1) is 0 Å². The van der Waals surface area contributed by atoms with Gasteiger partial charge in [0.05, 0.1) is 5.60 Å². The maximum atomic E-state index is 10.2. The van der Waals surface area contributed by atoms with E-state index in [0.717, 1.165) is 12.1 Å². The summed E-state index contributed by atoms with van der Waals surface area (Å²) in [6, 6.07) is 9.58. The molecule has 84 valence electrons. The van der Waals surface area contributed by atoms with Crippen molar-refractivity contribution in [1.82, 2.24) is 5.32 Å². The zero-order valence-corrected chi connectivity index (χ0v) is 9.11. The highest BCUT2D eigenvalue weighted by atomic mass is 16.3. The Morgan fingerprint density at radius 1 is 1.27 bits per heavy atom. The molecule has 3 nitrogen and oxygen atoms in total. The molecule has 0 aliphatic heterocycles. The lowest BCUT2D eigenvalue weighted by atomic mass is 9.96. The van der Waals surface area contributed by atoms with E-state index in [1.54, 1.807) is 6.92 Å². The summed E-state index contributed by atoms with van der Waals surface area (Å²) in [6.07, 6.45) is 0.713. The first kappa shape index (κ1) is 12.2. The molecule has 0 fully saturated rings. The van der Waals surface area contributed by atoms with Gasteiger partial charge in [-0.2, -0.15) is 0 Å². The summed E-state index contributed by atoms with van der Waals surface area (Å²) in [6.45, 7) is 3.19. The highest BCUT2D eigenvalue weighted by molar-refractivity contribution is 5.21. The van der Waals surface area contributed by atoms with Crippen molar-refractivity contribution >= 4 is 0 Å². The molecule has 1 atom stereocenters. The average molecular weight is 209 g/mol. The molecule has 0 aliphatic carbocycles. The van der Waals surface area contributed by atoms with Gasteiger partial charge in [0.1, 0.15) is 0 Å². The fourth-order valence-corrected chi connectivity index (χ4v) is 1.44. The second-order valence-electron chi connectivity index (χ2n) is 3.89. The molecule has 1 unspecified atom stereocenters. The van der Waals surface area contributed by atoms with E-state index in [4.69, 9.17) is 5.11 Å². The van der Waals surface area contributed by atoms with Crippen molar-refractivity contribution in [2.45, 2.75) is 18.9 Å². The molecular formula is C12H19NO2. The minimum absolute atomic E-state index is 0.181. The number of hydrogen-bond acceptors (Lipinski definition) is 3. The standard InChI is InChI=1S/C12H19NO2/c1-12(15,10-13-8-5-9-14)11-6-3-2-4-7-11/h2-4,6-7,13-15H,5,8-10H2,1H3. The Labute approximate surface area is 90.8 Å². The van der Waals surface area contributed by atoms with Crippen molar-refractivity contribution in [2.24, 2.45) is 0 Å². The van der Waals surface area contributed by atoms with Crippen LogP contribution in [0.15, 0.2) is 30.3 Å². The SMILES string of the molecule is CC(O)(CNCCCO)c1ccccc1. The highest BCUT2D eigenvalue weighted by Gasteiger charge is 2.21. The smallest absolute Gasteiger partial charge is 0.0992 e. The number of nitrogens with one attached hydrogen (secondary N) is 1. The zero-order chi connectivity index (χ0) is 11.1. The summed E-state index contributed by atoms with van der Waals surface area (Å²) in [4.78, 5) is 0. The second-order valence-corrected chi connectivity index (χ2v) is 3.89. The third-order valence-corrected chi connectivity index (χ3v) is 2.38. The van der Waals surface area contributed by atoms with E-state index in [1.165, 1.54) is 0 Å². The van der Waals surface area contributed by atoms with E-state index in [1.807, 2.05) is 30.3 Å². The maximum absolute atomic E-state index is 10.2. The number of rotatable bonds is 6. The Morgan fingerprint density at radius 2 is 1.93 bits per heavy atom. The van der Waals surface area contributed by atoms with Crippen LogP contribution in [-0.2, 0) is 5.60 Å². The minimum atomic E-state index is -0.850. The number of aliphatic hydroxyl groups is 2. The molecule has 0 saturated heterocycles. The fraction of sp³-hybridized carbons (Fsp3) is 0.500. The Morgan fingerprint density at radius 3 is 2.53 bits per heavy atom. The lowest BCUT2D eigenvalue weighted by molar-refractivity contribution is 0.0567. The molecule has 1 rings (SSSR count). The van der Waals surface area contributed by atoms with Crippen LogP contribution < -0.4 is 5.32 Å². The molecule has 1 aromatic rings. The Balaban J connectivity index is 2.45. The molecule has 0 heterocycles. The summed E-state index contributed by atoms with van der Waals surface area (Å²) >= 11 is 0. The maximum Gasteiger partial charge on any atom is 0.0992 e. The van der Waals surface area contributed by atoms with E-state index in [-0.39, 0.29) is 6.61 Å². The van der Waals surface area contributed by atoms with E-state index in [2.05, 4.69) is 5.32 Å². The van der Waals surface area contributed by atoms with Crippen molar-refractivity contribution in [3.8, 4) is 0 Å². The second kappa shape index (κ2) is 5.85. The molecule has 0 radical (unpaired) electrons. The van der Waals surface area contributed by atoms with Crippen molar-refractivity contribution < 1.29 is 10.2 Å². The lowest BCUT2D eigenvalue weighted by Gasteiger charge is -2.24. The van der Waals surface area contributed by atoms with Crippen molar-refractivity contribution in [2.75, 3.05) is 19.7 Å². The van der Waals surface area contributed by atoms with Crippen LogP contribution in [0.5, 0.6) is 0 Å². The van der Waals surface area contributed by atoms with Crippen LogP contribution >= 0.6 is 0 Å². The molecule has 3 heteroatoms. The molecule has 0 bridgehead atoms. The first-order valence-corrected chi connectivity index (χ1v) is 5.26. The highest BCUT2D eigenvalue weighted by Crippen LogP contribution is 2.18. The van der Waals surface area contributed by atoms with Gasteiger partial charge >= 0.3 is 0 Å². The molecule has 0 spiro atoms. The summed E-state index contributed by atoms with van der Waals surface area (Å²) in [5.41, 5.74) is 0.0537. The number of aliphatic hydroxyl groups excluding tert-OH is 1. The molecule has 15 heavy (non-hydrogen) atoms. The lowest BCUT2D eigenvalue weighted by Crippen LogP contribution is -2.36. The number of benzene rings is 1. The Hall–Kier alpha value is -0.900. The third kappa shape index (κ3) is 4.00. The van der Waals surface area contributed by atoms with Gasteiger partial charge in [-0.3, -0.25) is 0 Å². The topological polar surface area (TPSA) is 52.5 Å². The molecule has 3 N–H and O–H groups in total. The minimum Gasteiger partial charge on any atom is -0.396 e. The van der Waals surface area contributed by atoms with Gasteiger partial charge in [-0.25, -0.2) is 0 Å². The Bertz CT molecular complexity index is 272. The first-order chi connectivity index (χ1) is 7.17. The molecule has 0 amide bonds. The van der Waals surface area contributed by atoms with Crippen LogP contribution in [0.25, 0.3) is 0 Å². The average Bonchev–Trinajstić information content (AvgIpc) is 2.26. The summed E-state index contributed by atoms with van der Waals surface area (Å²) in [7, 11) is 0. The summed E-state index contributed by atoms with van der Waals surface area (Å²) < 4.78 is 0. The van der Waals surface area contributed by atoms with E-state index >= 15 is 0 Å². The predicted molar refractivity (Wildman–Crippen MR) is 60.6 cm³/mol. The largest absolute Gasteiger partial charge is 0.396 e. The van der Waals surface area contributed by atoms with Crippen LogP contribution in [0.2, 0.25) is 0 Å². The van der Waals surface area contributed by atoms with Crippen LogP contribution in [-0.4, -0.2) is 29.9 Å². The van der Waals surface area contributed by atoms with E-state index in [0.29, 0.717) is 13.0 Å². The quantitative estimate of drug-likeness (QED) is 0.609. The van der Waals surface area contributed by atoms with E-state index < -0.39 is 5.60 Å². The van der Waals surface area contributed by atoms with Gasteiger partial charge < -0.3 is 15.5 Å². The zero-order valence-electron chi connectivity index (χ0n) is 9.11. The molecule has 0 aliphatic rings. The third-order valence-electron chi connectivity index (χ3n) is 2.38. The monoisotopic (exact) mass is 209 g/mol. The summed E-state index contributed by atoms with van der Waals surface area (Å²) in [5, 5.41) is 21.9. The number of hydrogen-bond donors (Lipinski definition) is 3. The van der Waals surface area contributed by atoms with Gasteiger partial charge in [0.15, 0.2) is 0 Å². The van der Waals surface area contributed by atoms with E-state index in [9.17, 15) is 5.11 Å². The molecule has 0 aromatic heterocycles. The normalized spacial score (nSPS) is 14.9. The molecule has 0 saturated carbocycles. The van der Waals surface area contributed by atoms with Gasteiger partial charge in [0.25, 0.3) is 0 Å². The predicted octanol–water partition coefficient (Wildman–Crippen LogP) is 0.866. The van der Waals surface area contributed by atoms with Gasteiger partial charge in [-0.05, 0) is 25.5 Å². The van der Waals surface area contributed by atoms with Crippen molar-refractivity contribution in [3.63, 3.8) is 0 Å². The van der Waals surface area contributed by atoms with Gasteiger partial charge in [0, 0.05) is 13.2 Å². The molecule has 1 aromatic carbocycles. The van der Waals surface area contributed by atoms with Crippen LogP contribution in [0.1, 0.15) is 18.9 Å². The van der Waals surface area contributed by atoms with Crippen LogP contribution in [0.3, 0.4) is 0 Å². The van der Waals surface area contributed by atoms with Gasteiger partial charge in [-0.1, -0.05) is 30.3 Å². The fourth-order valence-electron chi connectivity index (χ4n) is 1.44. The van der Waals surface area contributed by atoms with Gasteiger partial charge in [-0.15, -0.1) is 0 Å². The van der Waals surface area contributed by atoms with Crippen LogP contribution in [0.4, 0.5) is 0 Å². The van der Waals surface area contributed by atoms with Crippen molar-refractivity contribution in [3.05, 3.63) is 35.9 Å². The summed E-state index contributed by atoms with van der Waals surface area (Å²) in [5.74, 6) is 0. The first-order valence-electron chi connectivity index (χ1n) is 5.26. The Kier molecular flexibility index (Phi) is 4.75. The molecular weight excluding hydrogens is 190 g/mol. The van der Waals surface area contributed by atoms with Gasteiger partial charge in [0.2, 0.25) is 0 Å².